The molecule has 1 aliphatic heterocycles. The van der Waals surface area contributed by atoms with Crippen LogP contribution in [0.15, 0.2) is 78.4 Å². The lowest BCUT2D eigenvalue weighted by atomic mass is 10.1. The summed E-state index contributed by atoms with van der Waals surface area (Å²) in [7, 11) is 0. The normalized spacial score (nSPS) is 14.6. The van der Waals surface area contributed by atoms with Gasteiger partial charge in [-0.1, -0.05) is 77.3 Å². The molecule has 1 N–H and O–H groups in total. The first kappa shape index (κ1) is 27.9. The summed E-state index contributed by atoms with van der Waals surface area (Å²) in [6.07, 6.45) is 1.41. The zero-order valence-electron chi connectivity index (χ0n) is 21.0. The molecule has 6 nitrogen and oxygen atoms in total. The fraction of sp³-hybridized carbons (Fsp3) is 0.100. The first-order valence-electron chi connectivity index (χ1n) is 12.2. The van der Waals surface area contributed by atoms with Gasteiger partial charge in [-0.15, -0.1) is 0 Å². The van der Waals surface area contributed by atoms with Crippen molar-refractivity contribution in [3.63, 3.8) is 0 Å². The number of nitrogens with zero attached hydrogens (tertiary/aromatic N) is 1. The number of benzene rings is 4. The standard InChI is InChI=1S/C30H21Cl3N2O4S/c1-2-38-25-15-18(14-23(32)27(25)39-16-17-10-11-19-6-3-4-7-20(19)12-17)13-21-28(36)34-30(40)35(29(21)37)24-9-5-8-22(31)26(24)33/h3-15H,2,16H2,1H3,(H,34,36,40)/b21-13+. The molecule has 202 valence electrons. The van der Waals surface area contributed by atoms with Crippen LogP contribution in [0.4, 0.5) is 5.69 Å². The van der Waals surface area contributed by atoms with Gasteiger partial charge in [-0.2, -0.15) is 0 Å². The van der Waals surface area contributed by atoms with E-state index >= 15 is 0 Å². The molecule has 5 rings (SSSR count). The second kappa shape index (κ2) is 11.9. The Hall–Kier alpha value is -3.62. The average molecular weight is 612 g/mol. The molecule has 0 unspecified atom stereocenters. The second-order valence-electron chi connectivity index (χ2n) is 8.76. The maximum absolute atomic E-state index is 13.4. The van der Waals surface area contributed by atoms with Crippen molar-refractivity contribution in [3.8, 4) is 11.5 Å². The number of amides is 2. The molecule has 0 saturated carbocycles. The van der Waals surface area contributed by atoms with Gasteiger partial charge in [0.1, 0.15) is 12.2 Å². The summed E-state index contributed by atoms with van der Waals surface area (Å²) in [6.45, 7) is 2.44. The van der Waals surface area contributed by atoms with Crippen molar-refractivity contribution in [1.29, 1.82) is 0 Å². The van der Waals surface area contributed by atoms with E-state index in [1.165, 1.54) is 6.08 Å². The largest absolute Gasteiger partial charge is 0.490 e. The first-order valence-corrected chi connectivity index (χ1v) is 13.7. The van der Waals surface area contributed by atoms with Gasteiger partial charge in [-0.3, -0.25) is 19.8 Å². The van der Waals surface area contributed by atoms with Crippen LogP contribution < -0.4 is 19.7 Å². The number of rotatable bonds is 7. The molecular weight excluding hydrogens is 591 g/mol. The summed E-state index contributed by atoms with van der Waals surface area (Å²) in [5.41, 5.74) is 1.49. The zero-order chi connectivity index (χ0) is 28.4. The van der Waals surface area contributed by atoms with Crippen molar-refractivity contribution < 1.29 is 19.1 Å². The van der Waals surface area contributed by atoms with Crippen molar-refractivity contribution >= 4 is 86.5 Å². The molecule has 0 aromatic heterocycles. The Morgan fingerprint density at radius 1 is 0.900 bits per heavy atom. The monoisotopic (exact) mass is 610 g/mol. The summed E-state index contributed by atoms with van der Waals surface area (Å²) in [5.74, 6) is -0.595. The molecule has 0 aliphatic carbocycles. The Morgan fingerprint density at radius 3 is 2.45 bits per heavy atom. The third-order valence-electron chi connectivity index (χ3n) is 6.11. The molecule has 4 aromatic rings. The highest BCUT2D eigenvalue weighted by Gasteiger charge is 2.35. The molecule has 40 heavy (non-hydrogen) atoms. The van der Waals surface area contributed by atoms with E-state index in [0.29, 0.717) is 23.7 Å². The van der Waals surface area contributed by atoms with Crippen LogP contribution in [-0.4, -0.2) is 23.5 Å². The Labute approximate surface area is 251 Å². The van der Waals surface area contributed by atoms with Gasteiger partial charge in [0.05, 0.1) is 27.4 Å². The van der Waals surface area contributed by atoms with Gasteiger partial charge in [0, 0.05) is 0 Å². The van der Waals surface area contributed by atoms with Crippen LogP contribution in [0, 0.1) is 0 Å². The fourth-order valence-electron chi connectivity index (χ4n) is 4.27. The highest BCUT2D eigenvalue weighted by molar-refractivity contribution is 7.80. The molecule has 10 heteroatoms. The maximum atomic E-state index is 13.4. The Kier molecular flexibility index (Phi) is 8.28. The van der Waals surface area contributed by atoms with E-state index in [9.17, 15) is 9.59 Å². The van der Waals surface area contributed by atoms with Crippen LogP contribution in [0.2, 0.25) is 15.1 Å². The number of halogens is 3. The van der Waals surface area contributed by atoms with E-state index in [-0.39, 0.29) is 38.0 Å². The smallest absolute Gasteiger partial charge is 0.270 e. The fourth-order valence-corrected chi connectivity index (χ4v) is 5.19. The molecule has 0 radical (unpaired) electrons. The lowest BCUT2D eigenvalue weighted by molar-refractivity contribution is -0.122. The number of anilines is 1. The summed E-state index contributed by atoms with van der Waals surface area (Å²) >= 11 is 24.4. The SMILES string of the molecule is CCOc1cc(/C=C2\C(=O)NC(=S)N(c3cccc(Cl)c3Cl)C2=O)cc(Cl)c1OCc1ccc2ccccc2c1. The highest BCUT2D eigenvalue weighted by atomic mass is 35.5. The van der Waals surface area contributed by atoms with Crippen LogP contribution >= 0.6 is 47.0 Å². The van der Waals surface area contributed by atoms with E-state index in [2.05, 4.69) is 11.4 Å². The van der Waals surface area contributed by atoms with Gasteiger partial charge in [0.15, 0.2) is 16.6 Å². The van der Waals surface area contributed by atoms with Crippen molar-refractivity contribution in [1.82, 2.24) is 5.32 Å². The van der Waals surface area contributed by atoms with Crippen LogP contribution in [0.5, 0.6) is 11.5 Å². The second-order valence-corrected chi connectivity index (χ2v) is 10.3. The number of nitrogens with one attached hydrogen (secondary N) is 1. The number of ether oxygens (including phenoxy) is 2. The van der Waals surface area contributed by atoms with E-state index in [1.807, 2.05) is 43.3 Å². The van der Waals surface area contributed by atoms with Gasteiger partial charge in [0.25, 0.3) is 11.8 Å². The summed E-state index contributed by atoms with van der Waals surface area (Å²) in [5, 5.41) is 5.28. The Bertz CT molecular complexity index is 1710. The van der Waals surface area contributed by atoms with Gasteiger partial charge in [0.2, 0.25) is 0 Å². The number of hydrogen-bond acceptors (Lipinski definition) is 5. The first-order chi connectivity index (χ1) is 19.3. The molecule has 0 bridgehead atoms. The third kappa shape index (κ3) is 5.64. The van der Waals surface area contributed by atoms with Gasteiger partial charge >= 0.3 is 0 Å². The van der Waals surface area contributed by atoms with Crippen LogP contribution in [-0.2, 0) is 16.2 Å². The number of hydrogen-bond donors (Lipinski definition) is 1. The van der Waals surface area contributed by atoms with E-state index in [0.717, 1.165) is 21.2 Å². The zero-order valence-corrected chi connectivity index (χ0v) is 24.1. The van der Waals surface area contributed by atoms with Crippen LogP contribution in [0.1, 0.15) is 18.1 Å². The summed E-state index contributed by atoms with van der Waals surface area (Å²) in [4.78, 5) is 27.4. The molecule has 1 aliphatic rings. The predicted molar refractivity (Wildman–Crippen MR) is 164 cm³/mol. The minimum atomic E-state index is -0.663. The van der Waals surface area contributed by atoms with Gasteiger partial charge in [-0.05, 0) is 77.4 Å². The third-order valence-corrected chi connectivity index (χ3v) is 7.49. The van der Waals surface area contributed by atoms with Crippen molar-refractivity contribution in [2.45, 2.75) is 13.5 Å². The lowest BCUT2D eigenvalue weighted by Crippen LogP contribution is -2.54. The molecule has 1 saturated heterocycles. The molecule has 2 amide bonds. The van der Waals surface area contributed by atoms with Crippen molar-refractivity contribution in [3.05, 3.63) is 105 Å². The van der Waals surface area contributed by atoms with Crippen LogP contribution in [0.25, 0.3) is 16.8 Å². The van der Waals surface area contributed by atoms with E-state index in [4.69, 9.17) is 56.5 Å². The topological polar surface area (TPSA) is 67.9 Å². The molecular formula is C30H21Cl3N2O4S. The summed E-state index contributed by atoms with van der Waals surface area (Å²) in [6, 6.07) is 22.2. The van der Waals surface area contributed by atoms with Gasteiger partial charge < -0.3 is 9.47 Å². The maximum Gasteiger partial charge on any atom is 0.270 e. The summed E-state index contributed by atoms with van der Waals surface area (Å²) < 4.78 is 11.9. The average Bonchev–Trinajstić information content (AvgIpc) is 2.93. The molecule has 0 spiro atoms. The number of fused-ring (bicyclic) bond motifs is 1. The lowest BCUT2D eigenvalue weighted by Gasteiger charge is -2.29. The Balaban J connectivity index is 1.45. The number of carbonyl (C=O) groups is 2. The van der Waals surface area contributed by atoms with Gasteiger partial charge in [-0.25, -0.2) is 0 Å². The number of carbonyl (C=O) groups excluding carboxylic acids is 2. The van der Waals surface area contributed by atoms with Crippen molar-refractivity contribution in [2.75, 3.05) is 11.5 Å². The van der Waals surface area contributed by atoms with E-state index in [1.54, 1.807) is 30.3 Å². The van der Waals surface area contributed by atoms with E-state index < -0.39 is 11.8 Å². The van der Waals surface area contributed by atoms with Crippen molar-refractivity contribution in [2.24, 2.45) is 0 Å². The molecule has 1 heterocycles. The minimum absolute atomic E-state index is 0.109. The minimum Gasteiger partial charge on any atom is -0.490 e. The van der Waals surface area contributed by atoms with Crippen LogP contribution in [0.3, 0.4) is 0 Å². The molecule has 1 fully saturated rings. The molecule has 0 atom stereocenters. The quantitative estimate of drug-likeness (QED) is 0.132. The highest BCUT2D eigenvalue weighted by Crippen LogP contribution is 2.39. The number of thiocarbonyl (C=S) groups is 1. The molecule has 4 aromatic carbocycles. The Morgan fingerprint density at radius 2 is 1.68 bits per heavy atom. The predicted octanol–water partition coefficient (Wildman–Crippen LogP) is 7.61.